The van der Waals surface area contributed by atoms with Gasteiger partial charge in [-0.05, 0) is 37.1 Å². The standard InChI is InChI=1S/C14H22F2N2/c1-10(2)5-6-18(4)14-12(15)7-11(9-17-3)8-13(14)16/h7-8,10,17H,5-6,9H2,1-4H3. The Morgan fingerprint density at radius 1 is 1.22 bits per heavy atom. The molecule has 0 fully saturated rings. The largest absolute Gasteiger partial charge is 0.370 e. The Morgan fingerprint density at radius 3 is 2.22 bits per heavy atom. The van der Waals surface area contributed by atoms with Crippen molar-refractivity contribution in [2.24, 2.45) is 5.92 Å². The third-order valence-corrected chi connectivity index (χ3v) is 2.88. The van der Waals surface area contributed by atoms with Gasteiger partial charge in [-0.25, -0.2) is 8.78 Å². The molecular formula is C14H22F2N2. The van der Waals surface area contributed by atoms with Crippen molar-refractivity contribution in [3.63, 3.8) is 0 Å². The number of anilines is 1. The Bertz CT molecular complexity index is 368. The molecule has 0 aliphatic rings. The minimum absolute atomic E-state index is 0.0653. The highest BCUT2D eigenvalue weighted by Crippen LogP contribution is 2.24. The molecule has 0 radical (unpaired) electrons. The highest BCUT2D eigenvalue weighted by Gasteiger charge is 2.15. The molecule has 2 nitrogen and oxygen atoms in total. The zero-order valence-corrected chi connectivity index (χ0v) is 11.6. The second kappa shape index (κ2) is 6.69. The Kier molecular flexibility index (Phi) is 5.54. The van der Waals surface area contributed by atoms with Crippen molar-refractivity contribution in [3.05, 3.63) is 29.3 Å². The molecule has 0 aromatic heterocycles. The van der Waals surface area contributed by atoms with Crippen LogP contribution >= 0.6 is 0 Å². The second-order valence-electron chi connectivity index (χ2n) is 5.04. The van der Waals surface area contributed by atoms with Crippen LogP contribution in [0.4, 0.5) is 14.5 Å². The Hall–Kier alpha value is -1.16. The minimum Gasteiger partial charge on any atom is -0.370 e. The summed E-state index contributed by atoms with van der Waals surface area (Å²) in [6.45, 7) is 5.30. The zero-order valence-electron chi connectivity index (χ0n) is 11.6. The van der Waals surface area contributed by atoms with Gasteiger partial charge in [0, 0.05) is 20.1 Å². The van der Waals surface area contributed by atoms with Gasteiger partial charge in [0.2, 0.25) is 0 Å². The van der Waals surface area contributed by atoms with Gasteiger partial charge in [-0.1, -0.05) is 13.8 Å². The number of nitrogens with one attached hydrogen (secondary N) is 1. The lowest BCUT2D eigenvalue weighted by molar-refractivity contribution is 0.550. The molecule has 1 aromatic rings. The fourth-order valence-electron chi connectivity index (χ4n) is 1.85. The number of hydrogen-bond acceptors (Lipinski definition) is 2. The normalized spacial score (nSPS) is 11.1. The van der Waals surface area contributed by atoms with Gasteiger partial charge in [-0.2, -0.15) is 0 Å². The number of nitrogens with zero attached hydrogens (tertiary/aromatic N) is 1. The molecule has 4 heteroatoms. The average Bonchev–Trinajstić information content (AvgIpc) is 2.25. The van der Waals surface area contributed by atoms with Crippen LogP contribution in [0.5, 0.6) is 0 Å². The van der Waals surface area contributed by atoms with Crippen LogP contribution in [0.15, 0.2) is 12.1 Å². The van der Waals surface area contributed by atoms with Crippen LogP contribution in [0.2, 0.25) is 0 Å². The molecule has 0 bridgehead atoms. The Morgan fingerprint density at radius 2 is 1.78 bits per heavy atom. The number of halogens is 2. The lowest BCUT2D eigenvalue weighted by Crippen LogP contribution is -2.22. The molecule has 0 aliphatic carbocycles. The molecule has 0 aliphatic heterocycles. The molecular weight excluding hydrogens is 234 g/mol. The molecule has 102 valence electrons. The van der Waals surface area contributed by atoms with Crippen LogP contribution in [-0.4, -0.2) is 20.6 Å². The third kappa shape index (κ3) is 3.95. The van der Waals surface area contributed by atoms with Crippen LogP contribution in [0, 0.1) is 17.6 Å². The van der Waals surface area contributed by atoms with Gasteiger partial charge in [0.15, 0.2) is 0 Å². The van der Waals surface area contributed by atoms with Crippen LogP contribution in [-0.2, 0) is 6.54 Å². The summed E-state index contributed by atoms with van der Waals surface area (Å²) in [4.78, 5) is 1.65. The van der Waals surface area contributed by atoms with Gasteiger partial charge in [0.05, 0.1) is 0 Å². The molecule has 0 saturated heterocycles. The molecule has 1 aromatic carbocycles. The van der Waals surface area contributed by atoms with Gasteiger partial charge in [-0.15, -0.1) is 0 Å². The van der Waals surface area contributed by atoms with Crippen molar-refractivity contribution in [1.29, 1.82) is 0 Å². The topological polar surface area (TPSA) is 15.3 Å². The van der Waals surface area contributed by atoms with Gasteiger partial charge < -0.3 is 10.2 Å². The summed E-state index contributed by atoms with van der Waals surface area (Å²) in [5, 5.41) is 2.88. The monoisotopic (exact) mass is 256 g/mol. The highest BCUT2D eigenvalue weighted by atomic mass is 19.1. The molecule has 0 amide bonds. The Balaban J connectivity index is 2.88. The number of benzene rings is 1. The van der Waals surface area contributed by atoms with E-state index in [-0.39, 0.29) is 5.69 Å². The molecule has 1 rings (SSSR count). The van der Waals surface area contributed by atoms with Crippen molar-refractivity contribution in [3.8, 4) is 0 Å². The molecule has 18 heavy (non-hydrogen) atoms. The quantitative estimate of drug-likeness (QED) is 0.841. The van der Waals surface area contributed by atoms with Crippen molar-refractivity contribution in [2.45, 2.75) is 26.8 Å². The summed E-state index contributed by atoms with van der Waals surface area (Å²) >= 11 is 0. The maximum Gasteiger partial charge on any atom is 0.149 e. The fourth-order valence-corrected chi connectivity index (χ4v) is 1.85. The first kappa shape index (κ1) is 14.9. The summed E-state index contributed by atoms with van der Waals surface area (Å²) in [7, 11) is 3.47. The first-order valence-corrected chi connectivity index (χ1v) is 6.29. The van der Waals surface area contributed by atoms with Crippen LogP contribution in [0.25, 0.3) is 0 Å². The lowest BCUT2D eigenvalue weighted by atomic mass is 10.1. The predicted octanol–water partition coefficient (Wildman–Crippen LogP) is 3.17. The lowest BCUT2D eigenvalue weighted by Gasteiger charge is -2.22. The van der Waals surface area contributed by atoms with E-state index in [1.165, 1.54) is 12.1 Å². The molecule has 0 unspecified atom stereocenters. The van der Waals surface area contributed by atoms with E-state index >= 15 is 0 Å². The van der Waals surface area contributed by atoms with Gasteiger partial charge in [0.25, 0.3) is 0 Å². The fraction of sp³-hybridized carbons (Fsp3) is 0.571. The van der Waals surface area contributed by atoms with E-state index in [1.807, 2.05) is 0 Å². The maximum atomic E-state index is 13.9. The van der Waals surface area contributed by atoms with Crippen LogP contribution in [0.3, 0.4) is 0 Å². The van der Waals surface area contributed by atoms with Crippen LogP contribution < -0.4 is 10.2 Å². The van der Waals surface area contributed by atoms with E-state index in [4.69, 9.17) is 0 Å². The van der Waals surface area contributed by atoms with Crippen molar-refractivity contribution in [2.75, 3.05) is 25.5 Å². The highest BCUT2D eigenvalue weighted by molar-refractivity contribution is 5.50. The minimum atomic E-state index is -0.494. The van der Waals surface area contributed by atoms with E-state index in [0.717, 1.165) is 6.42 Å². The number of rotatable bonds is 6. The van der Waals surface area contributed by atoms with Crippen molar-refractivity contribution in [1.82, 2.24) is 5.32 Å². The first-order valence-electron chi connectivity index (χ1n) is 6.29. The zero-order chi connectivity index (χ0) is 13.7. The van der Waals surface area contributed by atoms with E-state index in [0.29, 0.717) is 24.6 Å². The van der Waals surface area contributed by atoms with E-state index in [9.17, 15) is 8.78 Å². The van der Waals surface area contributed by atoms with E-state index < -0.39 is 11.6 Å². The van der Waals surface area contributed by atoms with E-state index in [2.05, 4.69) is 19.2 Å². The smallest absolute Gasteiger partial charge is 0.149 e. The summed E-state index contributed by atoms with van der Waals surface area (Å²) in [5.41, 5.74) is 0.684. The summed E-state index contributed by atoms with van der Waals surface area (Å²) in [6, 6.07) is 2.78. The maximum absolute atomic E-state index is 13.9. The predicted molar refractivity (Wildman–Crippen MR) is 71.8 cm³/mol. The summed E-state index contributed by atoms with van der Waals surface area (Å²) in [6.07, 6.45) is 0.910. The molecule has 0 heterocycles. The molecule has 0 spiro atoms. The average molecular weight is 256 g/mol. The summed E-state index contributed by atoms with van der Waals surface area (Å²) < 4.78 is 27.8. The van der Waals surface area contributed by atoms with E-state index in [1.54, 1.807) is 19.0 Å². The van der Waals surface area contributed by atoms with Gasteiger partial charge in [0.1, 0.15) is 17.3 Å². The second-order valence-corrected chi connectivity index (χ2v) is 5.04. The molecule has 0 saturated carbocycles. The molecule has 1 N–H and O–H groups in total. The number of hydrogen-bond donors (Lipinski definition) is 1. The third-order valence-electron chi connectivity index (χ3n) is 2.88. The summed E-state index contributed by atoms with van der Waals surface area (Å²) in [5.74, 6) is -0.472. The van der Waals surface area contributed by atoms with Crippen LogP contribution in [0.1, 0.15) is 25.8 Å². The SMILES string of the molecule is CNCc1cc(F)c(N(C)CCC(C)C)c(F)c1. The van der Waals surface area contributed by atoms with Gasteiger partial charge >= 0.3 is 0 Å². The molecule has 0 atom stereocenters. The van der Waals surface area contributed by atoms with Crippen molar-refractivity contribution < 1.29 is 8.78 Å². The Labute approximate surface area is 108 Å². The van der Waals surface area contributed by atoms with Gasteiger partial charge in [-0.3, -0.25) is 0 Å². The van der Waals surface area contributed by atoms with Crippen molar-refractivity contribution >= 4 is 5.69 Å². The first-order chi connectivity index (χ1) is 8.45.